The molecule has 3 N–H and O–H groups in total. The number of nitrogens with one attached hydrogen (secondary N) is 2. The number of benzene rings is 4. The van der Waals surface area contributed by atoms with E-state index in [0.717, 1.165) is 76.9 Å². The second-order valence-corrected chi connectivity index (χ2v) is 16.7. The van der Waals surface area contributed by atoms with Crippen LogP contribution in [0.5, 0.6) is 0 Å². The van der Waals surface area contributed by atoms with Gasteiger partial charge in [0.25, 0.3) is 0 Å². The van der Waals surface area contributed by atoms with Gasteiger partial charge < -0.3 is 25.2 Å². The summed E-state index contributed by atoms with van der Waals surface area (Å²) < 4.78 is 13.6. The Hall–Kier alpha value is -4.01. The molecular weight excluding hydrogens is 659 g/mol. The Kier molecular flexibility index (Phi) is 10.4. The summed E-state index contributed by atoms with van der Waals surface area (Å²) in [5, 5.41) is 16.3. The van der Waals surface area contributed by atoms with Crippen molar-refractivity contribution >= 4 is 6.03 Å². The third-order valence-corrected chi connectivity index (χ3v) is 12.8. The lowest BCUT2D eigenvalue weighted by atomic mass is 9.53. The van der Waals surface area contributed by atoms with Gasteiger partial charge in [-0.15, -0.1) is 0 Å². The number of rotatable bonds is 11. The molecule has 1 saturated heterocycles. The maximum atomic E-state index is 13.1. The number of hydrogen-bond acceptors (Lipinski definition) is 5. The molecule has 0 aromatic heterocycles. The standard InChI is InChI=1S/C46H55N3O4/c1-30-42(28-49(3)31(2)37-9-5-4-6-10-37)52-44(53-43(30)39-14-12-32(29-50)13-15-39)40-18-16-38(17-19-40)41-11-7-8-33(23-41)27-47-45(51)48-46-24-34-20-35(25-46)22-36(21-34)26-46/h4-19,23,30-31,34-36,42-44,50H,20-22,24-29H2,1-3H3,(H2,47,48,51)/t30-,31+,34?,35?,36?,42+,43+,44+,46?/m1/s1. The first-order chi connectivity index (χ1) is 25.7. The SMILES string of the molecule is C[C@@H]1[C@H](CN(C)[C@@H](C)c2ccccc2)O[C@H](c2ccc(-c3cccc(CNC(=O)NC45CC6CC(CC(C6)C4)C5)c3)cc2)O[C@@H]1c1ccc(CO)cc1. The van der Waals surface area contributed by atoms with E-state index in [2.05, 4.69) is 127 Å². The molecule has 278 valence electrons. The first-order valence-electron chi connectivity index (χ1n) is 19.8. The Morgan fingerprint density at radius 3 is 2.13 bits per heavy atom. The Labute approximate surface area is 315 Å². The van der Waals surface area contributed by atoms with Crippen LogP contribution in [-0.4, -0.2) is 41.3 Å². The third-order valence-electron chi connectivity index (χ3n) is 12.8. The Balaban J connectivity index is 0.944. The number of carbonyl (C=O) groups excluding carboxylic acids is 1. The van der Waals surface area contributed by atoms with Crippen LogP contribution in [0.25, 0.3) is 11.1 Å². The van der Waals surface area contributed by atoms with E-state index in [4.69, 9.17) is 9.47 Å². The molecule has 0 radical (unpaired) electrons. The Bertz CT molecular complexity index is 1810. The number of ether oxygens (including phenoxy) is 2. The molecule has 4 bridgehead atoms. The molecule has 1 aliphatic heterocycles. The highest BCUT2D eigenvalue weighted by atomic mass is 16.7. The Morgan fingerprint density at radius 1 is 0.811 bits per heavy atom. The predicted molar refractivity (Wildman–Crippen MR) is 209 cm³/mol. The van der Waals surface area contributed by atoms with Crippen molar-refractivity contribution in [2.45, 2.75) is 95.6 Å². The van der Waals surface area contributed by atoms with E-state index in [-0.39, 0.29) is 42.3 Å². The lowest BCUT2D eigenvalue weighted by molar-refractivity contribution is -0.276. The van der Waals surface area contributed by atoms with Gasteiger partial charge in [0.05, 0.1) is 18.8 Å². The molecule has 4 aromatic carbocycles. The van der Waals surface area contributed by atoms with E-state index in [1.165, 1.54) is 24.8 Å². The number of hydrogen-bond donors (Lipinski definition) is 3. The summed E-state index contributed by atoms with van der Waals surface area (Å²) in [6, 6.07) is 35.8. The number of carbonyl (C=O) groups is 1. The van der Waals surface area contributed by atoms with Crippen LogP contribution in [0.15, 0.2) is 103 Å². The highest BCUT2D eigenvalue weighted by Crippen LogP contribution is 2.55. The van der Waals surface area contributed by atoms with Gasteiger partial charge in [0.1, 0.15) is 0 Å². The van der Waals surface area contributed by atoms with Crippen LogP contribution in [0, 0.1) is 23.7 Å². The van der Waals surface area contributed by atoms with Gasteiger partial charge in [0.15, 0.2) is 6.29 Å². The van der Waals surface area contributed by atoms with Crippen molar-refractivity contribution in [3.05, 3.63) is 131 Å². The van der Waals surface area contributed by atoms with Crippen molar-refractivity contribution < 1.29 is 19.4 Å². The molecule has 0 spiro atoms. The van der Waals surface area contributed by atoms with Gasteiger partial charge in [0.2, 0.25) is 0 Å². The monoisotopic (exact) mass is 713 g/mol. The third kappa shape index (κ3) is 7.95. The van der Waals surface area contributed by atoms with E-state index in [1.807, 2.05) is 12.1 Å². The average molecular weight is 714 g/mol. The van der Waals surface area contributed by atoms with Crippen LogP contribution in [0.4, 0.5) is 4.79 Å². The largest absolute Gasteiger partial charge is 0.392 e. The van der Waals surface area contributed by atoms with Crippen LogP contribution in [0.2, 0.25) is 0 Å². The molecule has 7 heteroatoms. The number of nitrogens with zero attached hydrogens (tertiary/aromatic N) is 1. The zero-order chi connectivity index (χ0) is 36.5. The molecular formula is C46H55N3O4. The van der Waals surface area contributed by atoms with Crippen molar-refractivity contribution in [2.24, 2.45) is 23.7 Å². The smallest absolute Gasteiger partial charge is 0.315 e. The van der Waals surface area contributed by atoms with E-state index < -0.39 is 6.29 Å². The molecule has 53 heavy (non-hydrogen) atoms. The lowest BCUT2D eigenvalue weighted by Crippen LogP contribution is -2.61. The minimum absolute atomic E-state index is 0.00725. The Morgan fingerprint density at radius 2 is 1.47 bits per heavy atom. The van der Waals surface area contributed by atoms with Gasteiger partial charge in [-0.25, -0.2) is 4.79 Å². The van der Waals surface area contributed by atoms with Crippen LogP contribution in [-0.2, 0) is 22.6 Å². The fraction of sp³-hybridized carbons (Fsp3) is 0.457. The number of aliphatic hydroxyl groups is 1. The zero-order valence-corrected chi connectivity index (χ0v) is 31.4. The minimum Gasteiger partial charge on any atom is -0.392 e. The quantitative estimate of drug-likeness (QED) is 0.145. The van der Waals surface area contributed by atoms with E-state index in [1.54, 1.807) is 0 Å². The maximum absolute atomic E-state index is 13.1. The molecule has 5 fully saturated rings. The van der Waals surface area contributed by atoms with Gasteiger partial charge in [0, 0.05) is 36.2 Å². The highest BCUT2D eigenvalue weighted by Gasteiger charge is 2.51. The number of amides is 2. The van der Waals surface area contributed by atoms with Crippen LogP contribution >= 0.6 is 0 Å². The summed E-state index contributed by atoms with van der Waals surface area (Å²) in [6.45, 7) is 5.71. The molecule has 2 amide bonds. The zero-order valence-electron chi connectivity index (χ0n) is 31.4. The summed E-state index contributed by atoms with van der Waals surface area (Å²) in [4.78, 5) is 15.5. The van der Waals surface area contributed by atoms with Crippen molar-refractivity contribution in [3.63, 3.8) is 0 Å². The van der Waals surface area contributed by atoms with Gasteiger partial charge in [-0.05, 0) is 110 Å². The maximum Gasteiger partial charge on any atom is 0.315 e. The molecule has 4 aliphatic carbocycles. The summed E-state index contributed by atoms with van der Waals surface area (Å²) in [6.07, 6.45) is 6.77. The predicted octanol–water partition coefficient (Wildman–Crippen LogP) is 9.10. The molecule has 5 atom stereocenters. The van der Waals surface area contributed by atoms with Gasteiger partial charge >= 0.3 is 6.03 Å². The lowest BCUT2D eigenvalue weighted by Gasteiger charge is -2.56. The van der Waals surface area contributed by atoms with E-state index in [9.17, 15) is 9.90 Å². The molecule has 1 heterocycles. The van der Waals surface area contributed by atoms with Crippen molar-refractivity contribution in [2.75, 3.05) is 13.6 Å². The number of urea groups is 1. The molecule has 7 nitrogen and oxygen atoms in total. The van der Waals surface area contributed by atoms with E-state index >= 15 is 0 Å². The van der Waals surface area contributed by atoms with Crippen molar-refractivity contribution in [1.29, 1.82) is 0 Å². The number of aliphatic hydroxyl groups excluding tert-OH is 1. The molecule has 0 unspecified atom stereocenters. The first-order valence-corrected chi connectivity index (χ1v) is 19.8. The van der Waals surface area contributed by atoms with Crippen LogP contribution in [0.3, 0.4) is 0 Å². The number of likely N-dealkylation sites (N-methyl/N-ethyl adjacent to an activating group) is 1. The van der Waals surface area contributed by atoms with Crippen molar-refractivity contribution in [1.82, 2.24) is 15.5 Å². The molecule has 9 rings (SSSR count). The molecule has 4 saturated carbocycles. The summed E-state index contributed by atoms with van der Waals surface area (Å²) in [5.74, 6) is 2.49. The first kappa shape index (κ1) is 36.0. The second-order valence-electron chi connectivity index (χ2n) is 16.7. The van der Waals surface area contributed by atoms with E-state index in [0.29, 0.717) is 6.54 Å². The minimum atomic E-state index is -0.531. The topological polar surface area (TPSA) is 83.1 Å². The van der Waals surface area contributed by atoms with Gasteiger partial charge in [-0.3, -0.25) is 4.90 Å². The molecule has 4 aromatic rings. The second kappa shape index (κ2) is 15.4. The van der Waals surface area contributed by atoms with Crippen LogP contribution in [0.1, 0.15) is 98.6 Å². The fourth-order valence-electron chi connectivity index (χ4n) is 10.2. The average Bonchev–Trinajstić information content (AvgIpc) is 3.17. The van der Waals surface area contributed by atoms with Gasteiger partial charge in [-0.1, -0.05) is 104 Å². The normalized spacial score (nSPS) is 29.6. The fourth-order valence-corrected chi connectivity index (χ4v) is 10.2. The summed E-state index contributed by atoms with van der Waals surface area (Å²) in [7, 11) is 2.16. The van der Waals surface area contributed by atoms with Gasteiger partial charge in [-0.2, -0.15) is 0 Å². The summed E-state index contributed by atoms with van der Waals surface area (Å²) >= 11 is 0. The van der Waals surface area contributed by atoms with Crippen LogP contribution < -0.4 is 10.6 Å². The highest BCUT2D eigenvalue weighted by molar-refractivity contribution is 5.75. The van der Waals surface area contributed by atoms with Crippen molar-refractivity contribution in [3.8, 4) is 11.1 Å². The summed E-state index contributed by atoms with van der Waals surface area (Å²) in [5.41, 5.74) is 7.50. The molecule has 5 aliphatic rings.